The van der Waals surface area contributed by atoms with Crippen molar-refractivity contribution in [2.24, 2.45) is 0 Å². The van der Waals surface area contributed by atoms with Crippen molar-refractivity contribution in [3.8, 4) is 0 Å². The molecule has 5 nitrogen and oxygen atoms in total. The smallest absolute Gasteiger partial charge is 0.410 e. The number of likely N-dealkylation sites (tertiary alicyclic amines) is 1. The maximum absolute atomic E-state index is 12.3. The first-order valence-corrected chi connectivity index (χ1v) is 7.92. The third kappa shape index (κ3) is 5.30. The fraction of sp³-hybridized carbons (Fsp3) is 0.647. The number of hydrogen-bond donors (Lipinski definition) is 0. The van der Waals surface area contributed by atoms with Crippen molar-refractivity contribution in [2.75, 3.05) is 13.2 Å². The normalized spacial score (nSPS) is 19.0. The highest BCUT2D eigenvalue weighted by Crippen LogP contribution is 2.21. The molecule has 1 aliphatic rings. The zero-order chi connectivity index (χ0) is 16.0. The summed E-state index contributed by atoms with van der Waals surface area (Å²) in [6, 6.07) is 3.98. The second-order valence-corrected chi connectivity index (χ2v) is 6.70. The molecule has 0 unspecified atom stereocenters. The molecule has 0 bridgehead atoms. The number of carbonyl (C=O) groups is 1. The van der Waals surface area contributed by atoms with Crippen LogP contribution in [0.2, 0.25) is 0 Å². The zero-order valence-corrected chi connectivity index (χ0v) is 13.7. The molecule has 122 valence electrons. The highest BCUT2D eigenvalue weighted by molar-refractivity contribution is 5.68. The Hall–Kier alpha value is -1.62. The van der Waals surface area contributed by atoms with Crippen LogP contribution >= 0.6 is 0 Å². The van der Waals surface area contributed by atoms with Gasteiger partial charge in [-0.2, -0.15) is 0 Å². The van der Waals surface area contributed by atoms with Gasteiger partial charge in [-0.1, -0.05) is 6.07 Å². The van der Waals surface area contributed by atoms with Crippen LogP contribution in [0.5, 0.6) is 0 Å². The first-order chi connectivity index (χ1) is 10.5. The Kier molecular flexibility index (Phi) is 5.77. The van der Waals surface area contributed by atoms with Crippen molar-refractivity contribution in [3.63, 3.8) is 0 Å². The molecule has 0 N–H and O–H groups in total. The van der Waals surface area contributed by atoms with Crippen molar-refractivity contribution in [2.45, 2.75) is 58.3 Å². The summed E-state index contributed by atoms with van der Waals surface area (Å²) in [5.41, 5.74) is 0.581. The quantitative estimate of drug-likeness (QED) is 0.855. The standard InChI is InChI=1S/C17H26N2O3/c1-17(2,3)22-16(20)19-10-5-4-8-15(19)13-21-12-14-7-6-9-18-11-14/h6-7,9,11,15H,4-5,8,10,12-13H2,1-3H3/t15-/m1/s1. The molecule has 1 amide bonds. The molecular formula is C17H26N2O3. The number of amides is 1. The van der Waals surface area contributed by atoms with E-state index in [1.165, 1.54) is 0 Å². The molecule has 1 atom stereocenters. The summed E-state index contributed by atoms with van der Waals surface area (Å²) in [5, 5.41) is 0. The number of carbonyl (C=O) groups excluding carboxylic acids is 1. The Labute approximate surface area is 132 Å². The topological polar surface area (TPSA) is 51.7 Å². The van der Waals surface area contributed by atoms with Gasteiger partial charge in [0.15, 0.2) is 0 Å². The van der Waals surface area contributed by atoms with E-state index in [2.05, 4.69) is 4.98 Å². The van der Waals surface area contributed by atoms with Gasteiger partial charge < -0.3 is 14.4 Å². The van der Waals surface area contributed by atoms with Crippen LogP contribution in [0.15, 0.2) is 24.5 Å². The maximum atomic E-state index is 12.3. The van der Waals surface area contributed by atoms with Crippen LogP contribution < -0.4 is 0 Å². The number of nitrogens with zero attached hydrogens (tertiary/aromatic N) is 2. The summed E-state index contributed by atoms with van der Waals surface area (Å²) in [5.74, 6) is 0. The van der Waals surface area contributed by atoms with Crippen LogP contribution in [-0.2, 0) is 16.1 Å². The maximum Gasteiger partial charge on any atom is 0.410 e. The third-order valence-electron chi connectivity index (χ3n) is 3.56. The molecule has 2 heterocycles. The van der Waals surface area contributed by atoms with Crippen LogP contribution in [0.3, 0.4) is 0 Å². The molecule has 1 aromatic heterocycles. The molecule has 22 heavy (non-hydrogen) atoms. The van der Waals surface area contributed by atoms with E-state index in [1.54, 1.807) is 12.4 Å². The Balaban J connectivity index is 1.85. The van der Waals surface area contributed by atoms with Crippen LogP contribution in [0.25, 0.3) is 0 Å². The fourth-order valence-electron chi connectivity index (χ4n) is 2.53. The zero-order valence-electron chi connectivity index (χ0n) is 13.7. The lowest BCUT2D eigenvalue weighted by Gasteiger charge is -2.36. The molecular weight excluding hydrogens is 280 g/mol. The molecule has 1 saturated heterocycles. The number of ether oxygens (including phenoxy) is 2. The minimum absolute atomic E-state index is 0.0975. The lowest BCUT2D eigenvalue weighted by atomic mass is 10.0. The molecule has 1 aliphatic heterocycles. The van der Waals surface area contributed by atoms with Gasteiger partial charge in [0.2, 0.25) is 0 Å². The van der Waals surface area contributed by atoms with E-state index in [9.17, 15) is 4.79 Å². The highest BCUT2D eigenvalue weighted by atomic mass is 16.6. The number of rotatable bonds is 4. The van der Waals surface area contributed by atoms with Gasteiger partial charge in [-0.05, 0) is 51.7 Å². The lowest BCUT2D eigenvalue weighted by molar-refractivity contribution is -0.00999. The van der Waals surface area contributed by atoms with E-state index in [4.69, 9.17) is 9.47 Å². The Morgan fingerprint density at radius 1 is 1.41 bits per heavy atom. The second kappa shape index (κ2) is 7.58. The summed E-state index contributed by atoms with van der Waals surface area (Å²) >= 11 is 0. The van der Waals surface area contributed by atoms with Gasteiger partial charge in [-0.3, -0.25) is 4.98 Å². The monoisotopic (exact) mass is 306 g/mol. The fourth-order valence-corrected chi connectivity index (χ4v) is 2.53. The summed E-state index contributed by atoms with van der Waals surface area (Å²) < 4.78 is 11.3. The number of pyridine rings is 1. The molecule has 1 aromatic rings. The second-order valence-electron chi connectivity index (χ2n) is 6.70. The van der Waals surface area contributed by atoms with Crippen molar-refractivity contribution in [3.05, 3.63) is 30.1 Å². The van der Waals surface area contributed by atoms with Gasteiger partial charge >= 0.3 is 6.09 Å². The lowest BCUT2D eigenvalue weighted by Crippen LogP contribution is -2.48. The average Bonchev–Trinajstić information content (AvgIpc) is 2.47. The first kappa shape index (κ1) is 16.7. The Morgan fingerprint density at radius 2 is 2.23 bits per heavy atom. The van der Waals surface area contributed by atoms with Crippen LogP contribution in [0, 0.1) is 0 Å². The van der Waals surface area contributed by atoms with Crippen LogP contribution in [0.1, 0.15) is 45.6 Å². The minimum Gasteiger partial charge on any atom is -0.444 e. The van der Waals surface area contributed by atoms with Gasteiger partial charge in [-0.25, -0.2) is 4.79 Å². The predicted octanol–water partition coefficient (Wildman–Crippen LogP) is 3.39. The van der Waals surface area contributed by atoms with Gasteiger partial charge in [-0.15, -0.1) is 0 Å². The van der Waals surface area contributed by atoms with E-state index in [0.29, 0.717) is 13.2 Å². The number of piperidine rings is 1. The largest absolute Gasteiger partial charge is 0.444 e. The van der Waals surface area contributed by atoms with E-state index < -0.39 is 5.60 Å². The Bertz CT molecular complexity index is 471. The highest BCUT2D eigenvalue weighted by Gasteiger charge is 2.30. The third-order valence-corrected chi connectivity index (χ3v) is 3.56. The van der Waals surface area contributed by atoms with E-state index >= 15 is 0 Å². The number of aromatic nitrogens is 1. The summed E-state index contributed by atoms with van der Waals surface area (Å²) in [6.07, 6.45) is 6.42. The van der Waals surface area contributed by atoms with Crippen molar-refractivity contribution < 1.29 is 14.3 Å². The van der Waals surface area contributed by atoms with Gasteiger partial charge in [0.1, 0.15) is 5.60 Å². The molecule has 0 spiro atoms. The molecule has 5 heteroatoms. The van der Waals surface area contributed by atoms with E-state index in [1.807, 2.05) is 37.8 Å². The molecule has 0 saturated carbocycles. The van der Waals surface area contributed by atoms with Crippen molar-refractivity contribution >= 4 is 6.09 Å². The summed E-state index contributed by atoms with van der Waals surface area (Å²) in [4.78, 5) is 18.2. The average molecular weight is 306 g/mol. The van der Waals surface area contributed by atoms with Crippen LogP contribution in [-0.4, -0.2) is 40.8 Å². The van der Waals surface area contributed by atoms with Crippen LogP contribution in [0.4, 0.5) is 4.79 Å². The number of hydrogen-bond acceptors (Lipinski definition) is 4. The molecule has 0 aromatic carbocycles. The summed E-state index contributed by atoms with van der Waals surface area (Å²) in [7, 11) is 0. The predicted molar refractivity (Wildman–Crippen MR) is 84.5 cm³/mol. The van der Waals surface area contributed by atoms with E-state index in [0.717, 1.165) is 31.4 Å². The van der Waals surface area contributed by atoms with Crippen molar-refractivity contribution in [1.82, 2.24) is 9.88 Å². The van der Waals surface area contributed by atoms with Crippen molar-refractivity contribution in [1.29, 1.82) is 0 Å². The Morgan fingerprint density at radius 3 is 2.91 bits per heavy atom. The SMILES string of the molecule is CC(C)(C)OC(=O)N1CCCC[C@@H]1COCc1cccnc1. The molecule has 1 fully saturated rings. The van der Waals surface area contributed by atoms with Gasteiger partial charge in [0, 0.05) is 18.9 Å². The molecule has 0 radical (unpaired) electrons. The summed E-state index contributed by atoms with van der Waals surface area (Å²) in [6.45, 7) is 7.48. The molecule has 2 rings (SSSR count). The van der Waals surface area contributed by atoms with E-state index in [-0.39, 0.29) is 12.1 Å². The molecule has 0 aliphatic carbocycles. The first-order valence-electron chi connectivity index (χ1n) is 7.92. The van der Waals surface area contributed by atoms with Gasteiger partial charge in [0.05, 0.1) is 19.3 Å². The van der Waals surface area contributed by atoms with Gasteiger partial charge in [0.25, 0.3) is 0 Å². The minimum atomic E-state index is -0.463.